The minimum absolute atomic E-state index is 0.204. The molecular weight excluding hydrogens is 443 g/mol. The Morgan fingerprint density at radius 1 is 1.18 bits per heavy atom. The van der Waals surface area contributed by atoms with Crippen LogP contribution < -0.4 is 5.01 Å². The Labute approximate surface area is 200 Å². The molecule has 1 amide bonds. The highest BCUT2D eigenvalue weighted by molar-refractivity contribution is 5.88. The minimum Gasteiger partial charge on any atom is -0.339 e. The van der Waals surface area contributed by atoms with E-state index in [4.69, 9.17) is 0 Å². The van der Waals surface area contributed by atoms with Gasteiger partial charge in [-0.1, -0.05) is 19.4 Å². The molecule has 0 aromatic heterocycles. The molecule has 2 saturated heterocycles. The minimum atomic E-state index is -4.43. The van der Waals surface area contributed by atoms with Gasteiger partial charge < -0.3 is 4.90 Å². The summed E-state index contributed by atoms with van der Waals surface area (Å²) in [4.78, 5) is 19.9. The van der Waals surface area contributed by atoms with Gasteiger partial charge in [-0.3, -0.25) is 19.6 Å². The molecule has 0 aliphatic carbocycles. The summed E-state index contributed by atoms with van der Waals surface area (Å²) < 4.78 is 38.4. The number of piperidine rings is 1. The summed E-state index contributed by atoms with van der Waals surface area (Å²) in [6.07, 6.45) is 1.23. The molecule has 34 heavy (non-hydrogen) atoms. The van der Waals surface area contributed by atoms with Crippen LogP contribution in [-0.4, -0.2) is 84.4 Å². The first-order valence-corrected chi connectivity index (χ1v) is 12.4. The molecule has 2 unspecified atom stereocenters. The Kier molecular flexibility index (Phi) is 7.52. The van der Waals surface area contributed by atoms with Crippen LogP contribution in [0.2, 0.25) is 0 Å². The highest BCUT2D eigenvalue weighted by atomic mass is 19.4. The van der Waals surface area contributed by atoms with Gasteiger partial charge in [-0.25, -0.2) is 0 Å². The summed E-state index contributed by atoms with van der Waals surface area (Å²) in [5.41, 5.74) is 1.98. The third-order valence-corrected chi connectivity index (χ3v) is 7.62. The second-order valence-corrected chi connectivity index (χ2v) is 9.84. The summed E-state index contributed by atoms with van der Waals surface area (Å²) in [6.45, 7) is 7.72. The van der Waals surface area contributed by atoms with Crippen molar-refractivity contribution in [3.63, 3.8) is 0 Å². The van der Waals surface area contributed by atoms with E-state index in [1.54, 1.807) is 6.07 Å². The second kappa shape index (κ2) is 10.2. The lowest BCUT2D eigenvalue weighted by molar-refractivity contribution is -0.137. The third-order valence-electron chi connectivity index (χ3n) is 7.62. The smallest absolute Gasteiger partial charge is 0.339 e. The van der Waals surface area contributed by atoms with Crippen LogP contribution in [0.4, 0.5) is 18.9 Å². The van der Waals surface area contributed by atoms with Crippen molar-refractivity contribution in [2.24, 2.45) is 5.10 Å². The predicted octanol–water partition coefficient (Wildman–Crippen LogP) is 3.89. The number of hydrogen-bond acceptors (Lipinski definition) is 5. The average Bonchev–Trinajstić information content (AvgIpc) is 2.82. The van der Waals surface area contributed by atoms with Crippen molar-refractivity contribution in [2.45, 2.75) is 70.8 Å². The molecule has 2 atom stereocenters. The molecule has 3 heterocycles. The van der Waals surface area contributed by atoms with Gasteiger partial charge in [0, 0.05) is 51.9 Å². The first-order valence-electron chi connectivity index (χ1n) is 12.4. The Hall–Kier alpha value is -2.13. The number of anilines is 1. The number of piperazine rings is 1. The number of halogens is 3. The van der Waals surface area contributed by atoms with Crippen LogP contribution in [0.25, 0.3) is 0 Å². The van der Waals surface area contributed by atoms with Gasteiger partial charge in [-0.15, -0.1) is 0 Å². The normalized spacial score (nSPS) is 24.5. The highest BCUT2D eigenvalue weighted by Gasteiger charge is 2.36. The maximum absolute atomic E-state index is 13.1. The lowest BCUT2D eigenvalue weighted by Crippen LogP contribution is -2.60. The van der Waals surface area contributed by atoms with E-state index in [0.717, 1.165) is 50.7 Å². The quantitative estimate of drug-likeness (QED) is 0.475. The van der Waals surface area contributed by atoms with Crippen LogP contribution in [0, 0.1) is 0 Å². The Morgan fingerprint density at radius 3 is 2.71 bits per heavy atom. The van der Waals surface area contributed by atoms with Gasteiger partial charge in [-0.2, -0.15) is 18.3 Å². The molecule has 2 fully saturated rings. The molecule has 3 aliphatic rings. The molecule has 0 N–H and O–H groups in total. The summed E-state index contributed by atoms with van der Waals surface area (Å²) in [5, 5.41) is 4.94. The van der Waals surface area contributed by atoms with Crippen LogP contribution >= 0.6 is 0 Å². The fourth-order valence-electron chi connectivity index (χ4n) is 5.59. The van der Waals surface area contributed by atoms with Crippen molar-refractivity contribution < 1.29 is 18.0 Å². The van der Waals surface area contributed by atoms with Gasteiger partial charge >= 0.3 is 6.18 Å². The maximum Gasteiger partial charge on any atom is 0.430 e. The second-order valence-electron chi connectivity index (χ2n) is 9.84. The SMILES string of the molecule is CCC1CCCC2CN(C(=O)CN3CCc4cc(N(C)/N=C(\C)C(F)(F)F)ccc4C3)CCN12. The van der Waals surface area contributed by atoms with Crippen molar-refractivity contribution in [3.05, 3.63) is 29.3 Å². The van der Waals surface area contributed by atoms with Gasteiger partial charge in [0.2, 0.25) is 5.91 Å². The Morgan fingerprint density at radius 2 is 1.97 bits per heavy atom. The zero-order chi connectivity index (χ0) is 24.5. The molecule has 1 aromatic carbocycles. The van der Waals surface area contributed by atoms with E-state index >= 15 is 0 Å². The van der Waals surface area contributed by atoms with Crippen molar-refractivity contribution in [1.29, 1.82) is 0 Å². The summed E-state index contributed by atoms with van der Waals surface area (Å²) >= 11 is 0. The van der Waals surface area contributed by atoms with E-state index in [2.05, 4.69) is 21.8 Å². The van der Waals surface area contributed by atoms with Crippen LogP contribution in [0.15, 0.2) is 23.3 Å². The van der Waals surface area contributed by atoms with Gasteiger partial charge in [0.1, 0.15) is 5.71 Å². The number of alkyl halides is 3. The number of carbonyl (C=O) groups excluding carboxylic acids is 1. The fraction of sp³-hybridized carbons (Fsp3) is 0.680. The van der Waals surface area contributed by atoms with Crippen molar-refractivity contribution in [2.75, 3.05) is 44.8 Å². The first kappa shape index (κ1) is 25.0. The van der Waals surface area contributed by atoms with Crippen LogP contribution in [0.1, 0.15) is 50.7 Å². The van der Waals surface area contributed by atoms with Crippen molar-refractivity contribution in [3.8, 4) is 0 Å². The van der Waals surface area contributed by atoms with Crippen molar-refractivity contribution in [1.82, 2.24) is 14.7 Å². The topological polar surface area (TPSA) is 42.4 Å². The van der Waals surface area contributed by atoms with Gasteiger partial charge in [-0.05, 0) is 55.9 Å². The Bertz CT molecular complexity index is 918. The van der Waals surface area contributed by atoms with E-state index in [-0.39, 0.29) is 5.91 Å². The zero-order valence-electron chi connectivity index (χ0n) is 20.4. The lowest BCUT2D eigenvalue weighted by Gasteiger charge is -2.48. The number of hydrogen-bond donors (Lipinski definition) is 0. The summed E-state index contributed by atoms with van der Waals surface area (Å²) in [5.74, 6) is 0.204. The molecule has 6 nitrogen and oxygen atoms in total. The highest BCUT2D eigenvalue weighted by Crippen LogP contribution is 2.29. The predicted molar refractivity (Wildman–Crippen MR) is 128 cm³/mol. The van der Waals surface area contributed by atoms with E-state index in [1.807, 2.05) is 17.0 Å². The summed E-state index contributed by atoms with van der Waals surface area (Å²) in [7, 11) is 1.53. The van der Waals surface area contributed by atoms with Gasteiger partial charge in [0.05, 0.1) is 12.2 Å². The Balaban J connectivity index is 1.33. The van der Waals surface area contributed by atoms with E-state index in [1.165, 1.54) is 37.7 Å². The average molecular weight is 480 g/mol. The number of rotatable bonds is 5. The molecule has 4 rings (SSSR count). The molecule has 188 valence electrons. The molecule has 0 spiro atoms. The molecule has 3 aliphatic heterocycles. The molecule has 9 heteroatoms. The van der Waals surface area contributed by atoms with Gasteiger partial charge in [0.15, 0.2) is 0 Å². The largest absolute Gasteiger partial charge is 0.430 e. The van der Waals surface area contributed by atoms with E-state index in [9.17, 15) is 18.0 Å². The zero-order valence-corrected chi connectivity index (χ0v) is 20.4. The standard InChI is InChI=1S/C25H36F3N5O/c1-4-21-6-5-7-23-16-32(12-13-33(21)23)24(34)17-31-11-10-19-14-22(9-8-20(19)15-31)30(3)29-18(2)25(26,27)28/h8-9,14,21,23H,4-7,10-13,15-17H2,1-3H3/b29-18+. The lowest BCUT2D eigenvalue weighted by atomic mass is 9.92. The van der Waals surface area contributed by atoms with Crippen molar-refractivity contribution >= 4 is 17.3 Å². The van der Waals surface area contributed by atoms with Crippen LogP contribution in [0.3, 0.4) is 0 Å². The van der Waals surface area contributed by atoms with Crippen LogP contribution in [0.5, 0.6) is 0 Å². The van der Waals surface area contributed by atoms with Crippen LogP contribution in [-0.2, 0) is 17.8 Å². The number of amides is 1. The van der Waals surface area contributed by atoms with Gasteiger partial charge in [0.25, 0.3) is 0 Å². The summed E-state index contributed by atoms with van der Waals surface area (Å²) in [6, 6.07) is 6.82. The number of hydrazone groups is 1. The number of fused-ring (bicyclic) bond motifs is 2. The molecule has 1 aromatic rings. The number of benzene rings is 1. The number of nitrogens with zero attached hydrogens (tertiary/aromatic N) is 5. The number of carbonyl (C=O) groups is 1. The fourth-order valence-corrected chi connectivity index (χ4v) is 5.59. The molecular formula is C25H36F3N5O. The maximum atomic E-state index is 13.1. The van der Waals surface area contributed by atoms with E-state index < -0.39 is 11.9 Å². The van der Waals surface area contributed by atoms with E-state index in [0.29, 0.717) is 30.9 Å². The molecule has 0 radical (unpaired) electrons. The first-order chi connectivity index (χ1) is 16.2. The molecule has 0 saturated carbocycles. The monoisotopic (exact) mass is 479 g/mol. The third kappa shape index (κ3) is 5.57. The molecule has 0 bridgehead atoms.